The minimum Gasteiger partial charge on any atom is -0.507 e. The number of phenols is 1. The monoisotopic (exact) mass is 402 g/mol. The zero-order valence-corrected chi connectivity index (χ0v) is 16.0. The number of nitrogens with zero attached hydrogens (tertiary/aromatic N) is 2. The van der Waals surface area contributed by atoms with Crippen molar-refractivity contribution in [2.24, 2.45) is 0 Å². The number of methoxy groups -OCH3 is 1. The van der Waals surface area contributed by atoms with Crippen LogP contribution in [0.15, 0.2) is 78.5 Å². The van der Waals surface area contributed by atoms with Gasteiger partial charge in [0.05, 0.1) is 24.1 Å². The predicted molar refractivity (Wildman–Crippen MR) is 110 cm³/mol. The van der Waals surface area contributed by atoms with Gasteiger partial charge in [0.25, 0.3) is 11.7 Å². The number of carbonyl (C=O) groups excluding carboxylic acids is 2. The van der Waals surface area contributed by atoms with E-state index in [9.17, 15) is 19.8 Å². The predicted octanol–water partition coefficient (Wildman–Crippen LogP) is 3.42. The van der Waals surface area contributed by atoms with Crippen molar-refractivity contribution in [3.05, 3.63) is 89.8 Å². The van der Waals surface area contributed by atoms with Crippen LogP contribution in [0, 0.1) is 0 Å². The Morgan fingerprint density at radius 3 is 2.50 bits per heavy atom. The third-order valence-electron chi connectivity index (χ3n) is 4.90. The standard InChI is InChI=1S/C23H18N2O5/c1-30-15-8-6-7-14(13-15)21(27)19-20(16-9-4-5-12-24-16)25(23(29)22(19)28)17-10-2-3-11-18(17)26/h2-13,20,26-27H,1H3/b21-19-. The van der Waals surface area contributed by atoms with Gasteiger partial charge < -0.3 is 14.9 Å². The van der Waals surface area contributed by atoms with Crippen LogP contribution in [0.4, 0.5) is 5.69 Å². The Morgan fingerprint density at radius 1 is 1.03 bits per heavy atom. The second kappa shape index (κ2) is 7.71. The fraction of sp³-hybridized carbons (Fsp3) is 0.0870. The van der Waals surface area contributed by atoms with Gasteiger partial charge in [0.1, 0.15) is 23.3 Å². The molecule has 1 atom stereocenters. The molecule has 2 aromatic carbocycles. The molecule has 7 nitrogen and oxygen atoms in total. The lowest BCUT2D eigenvalue weighted by molar-refractivity contribution is -0.132. The lowest BCUT2D eigenvalue weighted by Crippen LogP contribution is -2.29. The molecule has 1 saturated heterocycles. The summed E-state index contributed by atoms with van der Waals surface area (Å²) in [6, 6.07) is 16.8. The molecule has 1 aliphatic rings. The van der Waals surface area contributed by atoms with Gasteiger partial charge in [-0.05, 0) is 36.4 Å². The molecular formula is C23H18N2O5. The number of aromatic hydroxyl groups is 1. The molecular weight excluding hydrogens is 384 g/mol. The van der Waals surface area contributed by atoms with Crippen LogP contribution in [0.2, 0.25) is 0 Å². The van der Waals surface area contributed by atoms with Crippen LogP contribution < -0.4 is 9.64 Å². The third kappa shape index (κ3) is 3.16. The van der Waals surface area contributed by atoms with Crippen molar-refractivity contribution in [3.63, 3.8) is 0 Å². The van der Waals surface area contributed by atoms with Gasteiger partial charge in [0.15, 0.2) is 0 Å². The van der Waals surface area contributed by atoms with Crippen molar-refractivity contribution in [2.75, 3.05) is 12.0 Å². The van der Waals surface area contributed by atoms with Gasteiger partial charge in [-0.15, -0.1) is 0 Å². The maximum atomic E-state index is 13.0. The number of aliphatic hydroxyl groups excluding tert-OH is 1. The summed E-state index contributed by atoms with van der Waals surface area (Å²) in [4.78, 5) is 31.4. The summed E-state index contributed by atoms with van der Waals surface area (Å²) in [7, 11) is 1.49. The van der Waals surface area contributed by atoms with Crippen molar-refractivity contribution in [3.8, 4) is 11.5 Å². The number of hydrogen-bond donors (Lipinski definition) is 2. The average Bonchev–Trinajstić information content (AvgIpc) is 3.05. The van der Waals surface area contributed by atoms with Crippen molar-refractivity contribution >= 4 is 23.1 Å². The highest BCUT2D eigenvalue weighted by Crippen LogP contribution is 2.44. The molecule has 1 unspecified atom stereocenters. The number of pyridine rings is 1. The van der Waals surface area contributed by atoms with E-state index in [0.717, 1.165) is 4.90 Å². The van der Waals surface area contributed by atoms with E-state index in [4.69, 9.17) is 4.74 Å². The topological polar surface area (TPSA) is 100.0 Å². The normalized spacial score (nSPS) is 17.9. The summed E-state index contributed by atoms with van der Waals surface area (Å²) in [6.07, 6.45) is 1.53. The largest absolute Gasteiger partial charge is 0.507 e. The molecule has 4 rings (SSSR count). The van der Waals surface area contributed by atoms with Gasteiger partial charge in [-0.1, -0.05) is 30.3 Å². The molecule has 0 aliphatic carbocycles. The Bertz CT molecular complexity index is 1160. The van der Waals surface area contributed by atoms with E-state index >= 15 is 0 Å². The maximum absolute atomic E-state index is 13.0. The van der Waals surface area contributed by atoms with Gasteiger partial charge >= 0.3 is 0 Å². The van der Waals surface area contributed by atoms with Crippen LogP contribution in [0.25, 0.3) is 5.76 Å². The number of rotatable bonds is 4. The molecule has 0 bridgehead atoms. The Morgan fingerprint density at radius 2 is 1.80 bits per heavy atom. The fourth-order valence-electron chi connectivity index (χ4n) is 3.49. The number of ketones is 1. The minimum atomic E-state index is -1.01. The van der Waals surface area contributed by atoms with Crippen LogP contribution in [0.1, 0.15) is 17.3 Å². The molecule has 0 spiro atoms. The minimum absolute atomic E-state index is 0.116. The van der Waals surface area contributed by atoms with E-state index in [0.29, 0.717) is 17.0 Å². The summed E-state index contributed by atoms with van der Waals surface area (Å²) in [6.45, 7) is 0. The second-order valence-corrected chi connectivity index (χ2v) is 6.64. The highest BCUT2D eigenvalue weighted by Gasteiger charge is 2.48. The van der Waals surface area contributed by atoms with Crippen LogP contribution in [0.3, 0.4) is 0 Å². The van der Waals surface area contributed by atoms with E-state index in [1.807, 2.05) is 0 Å². The lowest BCUT2D eigenvalue weighted by Gasteiger charge is -2.25. The summed E-state index contributed by atoms with van der Waals surface area (Å²) in [5, 5.41) is 21.4. The van der Waals surface area contributed by atoms with Crippen LogP contribution in [0.5, 0.6) is 11.5 Å². The maximum Gasteiger partial charge on any atom is 0.300 e. The second-order valence-electron chi connectivity index (χ2n) is 6.64. The number of anilines is 1. The molecule has 2 heterocycles. The fourth-order valence-corrected chi connectivity index (χ4v) is 3.49. The van der Waals surface area contributed by atoms with E-state index in [1.165, 1.54) is 25.4 Å². The summed E-state index contributed by atoms with van der Waals surface area (Å²) >= 11 is 0. The third-order valence-corrected chi connectivity index (χ3v) is 4.90. The number of phenolic OH excluding ortho intramolecular Hbond substituents is 1. The highest BCUT2D eigenvalue weighted by molar-refractivity contribution is 6.51. The number of para-hydroxylation sites is 2. The molecule has 3 aromatic rings. The average molecular weight is 402 g/mol. The molecule has 1 aromatic heterocycles. The quantitative estimate of drug-likeness (QED) is 0.394. The number of aliphatic hydroxyl groups is 1. The number of aromatic nitrogens is 1. The van der Waals surface area contributed by atoms with Gasteiger partial charge in [0, 0.05) is 11.8 Å². The summed E-state index contributed by atoms with van der Waals surface area (Å²) in [5.41, 5.74) is 0.741. The van der Waals surface area contributed by atoms with E-state index < -0.39 is 17.7 Å². The number of Topliss-reactive ketones (excluding diaryl/α,β-unsaturated/α-hetero) is 1. The Labute approximate surface area is 172 Å². The first-order chi connectivity index (χ1) is 14.5. The highest BCUT2D eigenvalue weighted by atomic mass is 16.5. The Balaban J connectivity index is 1.96. The number of ether oxygens (including phenoxy) is 1. The molecule has 1 aliphatic heterocycles. The smallest absolute Gasteiger partial charge is 0.300 e. The first-order valence-electron chi connectivity index (χ1n) is 9.17. The molecule has 30 heavy (non-hydrogen) atoms. The molecule has 7 heteroatoms. The lowest BCUT2D eigenvalue weighted by atomic mass is 9.98. The summed E-state index contributed by atoms with van der Waals surface area (Å²) < 4.78 is 5.19. The molecule has 2 N–H and O–H groups in total. The van der Waals surface area contributed by atoms with Gasteiger partial charge in [-0.3, -0.25) is 19.5 Å². The summed E-state index contributed by atoms with van der Waals surface area (Å²) in [5.74, 6) is -1.75. The van der Waals surface area contributed by atoms with Gasteiger partial charge in [-0.2, -0.15) is 0 Å². The van der Waals surface area contributed by atoms with E-state index in [-0.39, 0.29) is 22.8 Å². The molecule has 0 saturated carbocycles. The number of benzene rings is 2. The van der Waals surface area contributed by atoms with Crippen molar-refractivity contribution in [1.82, 2.24) is 4.98 Å². The zero-order valence-electron chi connectivity index (χ0n) is 16.0. The Hall–Kier alpha value is -4.13. The molecule has 0 radical (unpaired) electrons. The Kier molecular flexibility index (Phi) is 4.93. The molecule has 1 amide bonds. The SMILES string of the molecule is COc1cccc(/C(O)=C2/C(=O)C(=O)N(c3ccccc3O)C2c2ccccn2)c1. The number of carbonyl (C=O) groups is 2. The first kappa shape index (κ1) is 19.2. The van der Waals surface area contributed by atoms with E-state index in [1.54, 1.807) is 54.6 Å². The van der Waals surface area contributed by atoms with Crippen LogP contribution in [-0.4, -0.2) is 34.0 Å². The first-order valence-corrected chi connectivity index (χ1v) is 9.17. The van der Waals surface area contributed by atoms with Crippen molar-refractivity contribution in [1.29, 1.82) is 0 Å². The van der Waals surface area contributed by atoms with E-state index in [2.05, 4.69) is 4.98 Å². The van der Waals surface area contributed by atoms with Crippen LogP contribution in [-0.2, 0) is 9.59 Å². The number of hydrogen-bond acceptors (Lipinski definition) is 6. The van der Waals surface area contributed by atoms with Crippen molar-refractivity contribution < 1.29 is 24.5 Å². The van der Waals surface area contributed by atoms with Crippen LogP contribution >= 0.6 is 0 Å². The zero-order chi connectivity index (χ0) is 21.3. The number of amides is 1. The molecule has 1 fully saturated rings. The van der Waals surface area contributed by atoms with Gasteiger partial charge in [0.2, 0.25) is 0 Å². The van der Waals surface area contributed by atoms with Gasteiger partial charge in [-0.25, -0.2) is 0 Å². The molecule has 150 valence electrons. The van der Waals surface area contributed by atoms with Crippen molar-refractivity contribution in [2.45, 2.75) is 6.04 Å².